The number of benzene rings is 1. The Bertz CT molecular complexity index is 356. The topological polar surface area (TPSA) is 63.3 Å². The smallest absolute Gasteiger partial charge is 0.336 e. The van der Waals surface area contributed by atoms with Gasteiger partial charge in [0.1, 0.15) is 0 Å². The summed E-state index contributed by atoms with van der Waals surface area (Å²) in [5, 5.41) is 8.90. The van der Waals surface area contributed by atoms with E-state index in [4.69, 9.17) is 10.8 Å². The van der Waals surface area contributed by atoms with E-state index in [1.54, 1.807) is 18.2 Å². The number of rotatable bonds is 2. The molecule has 1 saturated carbocycles. The van der Waals surface area contributed by atoms with Crippen molar-refractivity contribution in [2.24, 2.45) is 5.73 Å². The molecular weight excluding hydrogens is 166 g/mol. The molecule has 13 heavy (non-hydrogen) atoms. The number of carboxylic acid groups (broad SMARTS) is 1. The summed E-state index contributed by atoms with van der Waals surface area (Å²) >= 11 is 0. The summed E-state index contributed by atoms with van der Waals surface area (Å²) in [5.41, 5.74) is 6.68. The highest BCUT2D eigenvalue weighted by molar-refractivity contribution is 5.90. The van der Waals surface area contributed by atoms with Crippen LogP contribution in [0.5, 0.6) is 0 Å². The molecule has 3 heteroatoms. The van der Waals surface area contributed by atoms with Crippen molar-refractivity contribution in [3.05, 3.63) is 35.4 Å². The van der Waals surface area contributed by atoms with E-state index in [-0.39, 0.29) is 5.54 Å². The molecule has 1 aliphatic rings. The number of carbonyl (C=O) groups is 1. The third-order valence-electron chi connectivity index (χ3n) is 2.48. The van der Waals surface area contributed by atoms with Crippen molar-refractivity contribution in [1.29, 1.82) is 0 Å². The summed E-state index contributed by atoms with van der Waals surface area (Å²) in [4.78, 5) is 10.8. The van der Waals surface area contributed by atoms with Gasteiger partial charge in [0.05, 0.1) is 5.56 Å². The van der Waals surface area contributed by atoms with Crippen LogP contribution >= 0.6 is 0 Å². The van der Waals surface area contributed by atoms with Crippen molar-refractivity contribution in [3.63, 3.8) is 0 Å². The van der Waals surface area contributed by atoms with Crippen LogP contribution in [0.4, 0.5) is 0 Å². The van der Waals surface area contributed by atoms with E-state index in [1.807, 2.05) is 6.07 Å². The second-order valence-electron chi connectivity index (χ2n) is 3.51. The standard InChI is InChI=1S/C10H11NO2/c11-10(5-6-10)8-4-2-1-3-7(8)9(12)13/h1-4H,5-6,11H2,(H,12,13). The molecule has 0 bridgehead atoms. The Balaban J connectivity index is 2.50. The Kier molecular flexibility index (Phi) is 1.63. The molecule has 68 valence electrons. The van der Waals surface area contributed by atoms with Gasteiger partial charge in [-0.3, -0.25) is 0 Å². The van der Waals surface area contributed by atoms with Gasteiger partial charge in [-0.2, -0.15) is 0 Å². The maximum Gasteiger partial charge on any atom is 0.336 e. The van der Waals surface area contributed by atoms with Crippen molar-refractivity contribution in [3.8, 4) is 0 Å². The van der Waals surface area contributed by atoms with Gasteiger partial charge < -0.3 is 10.8 Å². The molecule has 1 aromatic carbocycles. The van der Waals surface area contributed by atoms with E-state index >= 15 is 0 Å². The molecule has 3 N–H and O–H groups in total. The molecule has 0 heterocycles. The van der Waals surface area contributed by atoms with Crippen LogP contribution in [-0.2, 0) is 5.54 Å². The Morgan fingerprint density at radius 3 is 2.54 bits per heavy atom. The molecular formula is C10H11NO2. The Hall–Kier alpha value is -1.35. The molecule has 0 saturated heterocycles. The van der Waals surface area contributed by atoms with E-state index in [2.05, 4.69) is 0 Å². The second-order valence-corrected chi connectivity index (χ2v) is 3.51. The average molecular weight is 177 g/mol. The Morgan fingerprint density at radius 2 is 2.00 bits per heavy atom. The molecule has 0 amide bonds. The number of nitrogens with two attached hydrogens (primary N) is 1. The molecule has 0 unspecified atom stereocenters. The second kappa shape index (κ2) is 2.57. The predicted molar refractivity (Wildman–Crippen MR) is 48.5 cm³/mol. The zero-order valence-corrected chi connectivity index (χ0v) is 7.16. The molecule has 3 nitrogen and oxygen atoms in total. The van der Waals surface area contributed by atoms with Crippen LogP contribution in [0.2, 0.25) is 0 Å². The van der Waals surface area contributed by atoms with Crippen LogP contribution in [0.1, 0.15) is 28.8 Å². The zero-order chi connectivity index (χ0) is 9.47. The van der Waals surface area contributed by atoms with Crippen LogP contribution in [-0.4, -0.2) is 11.1 Å². The molecule has 2 rings (SSSR count). The molecule has 0 aromatic heterocycles. The highest BCUT2D eigenvalue weighted by atomic mass is 16.4. The van der Waals surface area contributed by atoms with Gasteiger partial charge in [0.15, 0.2) is 0 Å². The lowest BCUT2D eigenvalue weighted by Crippen LogP contribution is -2.22. The quantitative estimate of drug-likeness (QED) is 0.716. The summed E-state index contributed by atoms with van der Waals surface area (Å²) in [6, 6.07) is 6.95. The third-order valence-corrected chi connectivity index (χ3v) is 2.48. The summed E-state index contributed by atoms with van der Waals surface area (Å²) in [7, 11) is 0. The molecule has 1 aliphatic carbocycles. The van der Waals surface area contributed by atoms with Gasteiger partial charge in [-0.1, -0.05) is 18.2 Å². The minimum absolute atomic E-state index is 0.336. The highest BCUT2D eigenvalue weighted by Gasteiger charge is 2.42. The lowest BCUT2D eigenvalue weighted by atomic mass is 9.99. The van der Waals surface area contributed by atoms with Crippen LogP contribution in [0.25, 0.3) is 0 Å². The molecule has 0 spiro atoms. The summed E-state index contributed by atoms with van der Waals surface area (Å²) in [6.07, 6.45) is 1.77. The molecule has 1 aromatic rings. The first-order valence-corrected chi connectivity index (χ1v) is 4.25. The van der Waals surface area contributed by atoms with Gasteiger partial charge in [-0.05, 0) is 24.5 Å². The highest BCUT2D eigenvalue weighted by Crippen LogP contribution is 2.43. The fourth-order valence-electron chi connectivity index (χ4n) is 1.51. The number of carboxylic acids is 1. The Morgan fingerprint density at radius 1 is 1.38 bits per heavy atom. The maximum atomic E-state index is 10.8. The number of hydrogen-bond donors (Lipinski definition) is 2. The molecule has 1 fully saturated rings. The van der Waals surface area contributed by atoms with Gasteiger partial charge in [0.2, 0.25) is 0 Å². The van der Waals surface area contributed by atoms with Gasteiger partial charge in [0.25, 0.3) is 0 Å². The van der Waals surface area contributed by atoms with Crippen LogP contribution in [0.15, 0.2) is 24.3 Å². The first-order chi connectivity index (χ1) is 6.13. The van der Waals surface area contributed by atoms with E-state index in [0.29, 0.717) is 5.56 Å². The fraction of sp³-hybridized carbons (Fsp3) is 0.300. The van der Waals surface area contributed by atoms with Crippen LogP contribution < -0.4 is 5.73 Å². The monoisotopic (exact) mass is 177 g/mol. The predicted octanol–water partition coefficient (Wildman–Crippen LogP) is 1.33. The van der Waals surface area contributed by atoms with Crippen LogP contribution in [0.3, 0.4) is 0 Å². The first kappa shape index (κ1) is 8.26. The average Bonchev–Trinajstić information content (AvgIpc) is 2.85. The third kappa shape index (κ3) is 1.31. The van der Waals surface area contributed by atoms with Gasteiger partial charge in [-0.25, -0.2) is 4.79 Å². The normalized spacial score (nSPS) is 18.2. The van der Waals surface area contributed by atoms with Crippen molar-refractivity contribution in [2.45, 2.75) is 18.4 Å². The summed E-state index contributed by atoms with van der Waals surface area (Å²) in [6.45, 7) is 0. The van der Waals surface area contributed by atoms with Gasteiger partial charge in [0, 0.05) is 5.54 Å². The van der Waals surface area contributed by atoms with Crippen molar-refractivity contribution < 1.29 is 9.90 Å². The van der Waals surface area contributed by atoms with E-state index in [0.717, 1.165) is 18.4 Å². The summed E-state index contributed by atoms with van der Waals surface area (Å²) < 4.78 is 0. The van der Waals surface area contributed by atoms with E-state index in [9.17, 15) is 4.79 Å². The van der Waals surface area contributed by atoms with E-state index in [1.165, 1.54) is 0 Å². The summed E-state index contributed by atoms with van der Waals surface area (Å²) in [5.74, 6) is -0.896. The van der Waals surface area contributed by atoms with Crippen LogP contribution in [0, 0.1) is 0 Å². The number of hydrogen-bond acceptors (Lipinski definition) is 2. The number of aromatic carboxylic acids is 1. The van der Waals surface area contributed by atoms with Crippen molar-refractivity contribution in [2.75, 3.05) is 0 Å². The zero-order valence-electron chi connectivity index (χ0n) is 7.16. The molecule has 0 atom stereocenters. The SMILES string of the molecule is NC1(c2ccccc2C(=O)O)CC1. The van der Waals surface area contributed by atoms with Gasteiger partial charge in [-0.15, -0.1) is 0 Å². The van der Waals surface area contributed by atoms with Crippen molar-refractivity contribution >= 4 is 5.97 Å². The molecule has 0 radical (unpaired) electrons. The van der Waals surface area contributed by atoms with Crippen molar-refractivity contribution in [1.82, 2.24) is 0 Å². The lowest BCUT2D eigenvalue weighted by Gasteiger charge is -2.11. The fourth-order valence-corrected chi connectivity index (χ4v) is 1.51. The first-order valence-electron chi connectivity index (χ1n) is 4.25. The largest absolute Gasteiger partial charge is 0.478 e. The Labute approximate surface area is 76.2 Å². The van der Waals surface area contributed by atoms with E-state index < -0.39 is 5.97 Å². The molecule has 0 aliphatic heterocycles. The van der Waals surface area contributed by atoms with Gasteiger partial charge >= 0.3 is 5.97 Å². The maximum absolute atomic E-state index is 10.8. The minimum Gasteiger partial charge on any atom is -0.478 e. The lowest BCUT2D eigenvalue weighted by molar-refractivity contribution is 0.0695. The minimum atomic E-state index is -0.896.